The number of nitrogens with one attached hydrogen (secondary N) is 1. The lowest BCUT2D eigenvalue weighted by molar-refractivity contribution is 0.00469. The molecular formula is C24H27F2N7O2. The van der Waals surface area contributed by atoms with Crippen LogP contribution in [0, 0.1) is 11.6 Å². The topological polar surface area (TPSA) is 112 Å². The van der Waals surface area contributed by atoms with Gasteiger partial charge in [-0.05, 0) is 32.9 Å². The van der Waals surface area contributed by atoms with Gasteiger partial charge in [0.2, 0.25) is 0 Å². The molecule has 4 rings (SSSR count). The van der Waals surface area contributed by atoms with Crippen LogP contribution >= 0.6 is 0 Å². The maximum Gasteiger partial charge on any atom is 0.318 e. The van der Waals surface area contributed by atoms with Crippen LogP contribution in [0.3, 0.4) is 0 Å². The van der Waals surface area contributed by atoms with Crippen molar-refractivity contribution in [2.24, 2.45) is 0 Å². The Morgan fingerprint density at radius 2 is 2.00 bits per heavy atom. The molecule has 0 amide bonds. The normalized spacial score (nSPS) is 12.6. The zero-order chi connectivity index (χ0) is 25.2. The maximum absolute atomic E-state index is 14.3. The summed E-state index contributed by atoms with van der Waals surface area (Å²) in [6.07, 6.45) is 3.95. The van der Waals surface area contributed by atoms with Crippen molar-refractivity contribution in [1.82, 2.24) is 24.6 Å². The van der Waals surface area contributed by atoms with Crippen LogP contribution in [0.1, 0.15) is 38.8 Å². The second-order valence-electron chi connectivity index (χ2n) is 8.66. The number of hydrogen-bond acceptors (Lipinski definition) is 8. The first kappa shape index (κ1) is 24.3. The van der Waals surface area contributed by atoms with E-state index in [9.17, 15) is 8.78 Å². The van der Waals surface area contributed by atoms with Crippen LogP contribution in [0.25, 0.3) is 16.9 Å². The van der Waals surface area contributed by atoms with Crippen LogP contribution in [-0.2, 0) is 4.74 Å². The van der Waals surface area contributed by atoms with Gasteiger partial charge in [-0.3, -0.25) is 0 Å². The average Bonchev–Trinajstić information content (AvgIpc) is 3.14. The van der Waals surface area contributed by atoms with E-state index in [0.29, 0.717) is 35.8 Å². The first-order chi connectivity index (χ1) is 16.7. The molecule has 11 heteroatoms. The summed E-state index contributed by atoms with van der Waals surface area (Å²) in [4.78, 5) is 13.3. The molecule has 9 nitrogen and oxygen atoms in total. The van der Waals surface area contributed by atoms with Crippen LogP contribution in [0.2, 0.25) is 0 Å². The molecule has 4 aromatic rings. The quantitative estimate of drug-likeness (QED) is 0.360. The number of nitrogen functional groups attached to an aromatic ring is 1. The highest BCUT2D eigenvalue weighted by Crippen LogP contribution is 2.31. The Kier molecular flexibility index (Phi) is 6.79. The van der Waals surface area contributed by atoms with Crippen molar-refractivity contribution >= 4 is 17.3 Å². The highest BCUT2D eigenvalue weighted by Gasteiger charge is 2.21. The predicted octanol–water partition coefficient (Wildman–Crippen LogP) is 4.41. The van der Waals surface area contributed by atoms with E-state index in [2.05, 4.69) is 25.4 Å². The number of nitrogens with zero attached hydrogens (tertiary/aromatic N) is 5. The Bertz CT molecular complexity index is 1340. The van der Waals surface area contributed by atoms with E-state index in [0.717, 1.165) is 6.07 Å². The molecule has 0 spiro atoms. The Labute approximate surface area is 201 Å². The summed E-state index contributed by atoms with van der Waals surface area (Å²) in [5.74, 6) is -0.707. The van der Waals surface area contributed by atoms with Gasteiger partial charge >= 0.3 is 6.01 Å². The summed E-state index contributed by atoms with van der Waals surface area (Å²) in [6, 6.07) is 6.40. The number of nitrogens with two attached hydrogens (primary N) is 1. The van der Waals surface area contributed by atoms with E-state index in [4.69, 9.17) is 15.2 Å². The minimum Gasteiger partial charge on any atom is -0.463 e. The lowest BCUT2D eigenvalue weighted by Gasteiger charge is -2.22. The molecule has 184 valence electrons. The van der Waals surface area contributed by atoms with Crippen molar-refractivity contribution < 1.29 is 18.3 Å². The SMILES string of the molecule is COC(C)(C)CCOc1nc(N[C@@H](C)c2ccc(F)cc2F)cc(-c2c(N)nn3cccnc23)n1. The molecule has 3 N–H and O–H groups in total. The van der Waals surface area contributed by atoms with E-state index in [1.807, 2.05) is 13.8 Å². The molecule has 1 atom stereocenters. The average molecular weight is 484 g/mol. The van der Waals surface area contributed by atoms with E-state index < -0.39 is 17.7 Å². The fourth-order valence-corrected chi connectivity index (χ4v) is 3.48. The van der Waals surface area contributed by atoms with Gasteiger partial charge in [0.25, 0.3) is 0 Å². The molecule has 0 bridgehead atoms. The number of fused-ring (bicyclic) bond motifs is 1. The van der Waals surface area contributed by atoms with Crippen molar-refractivity contribution in [3.8, 4) is 17.3 Å². The summed E-state index contributed by atoms with van der Waals surface area (Å²) in [5, 5.41) is 7.43. The van der Waals surface area contributed by atoms with Crippen LogP contribution in [0.15, 0.2) is 42.7 Å². The zero-order valence-corrected chi connectivity index (χ0v) is 19.9. The van der Waals surface area contributed by atoms with Gasteiger partial charge in [0.1, 0.15) is 17.5 Å². The van der Waals surface area contributed by atoms with E-state index in [-0.39, 0.29) is 23.0 Å². The molecule has 0 unspecified atom stereocenters. The van der Waals surface area contributed by atoms with Gasteiger partial charge < -0.3 is 20.5 Å². The molecule has 0 aliphatic heterocycles. The van der Waals surface area contributed by atoms with Crippen molar-refractivity contribution in [3.05, 3.63) is 59.9 Å². The molecule has 3 aromatic heterocycles. The number of methoxy groups -OCH3 is 1. The largest absolute Gasteiger partial charge is 0.463 e. The van der Waals surface area contributed by atoms with E-state index in [1.165, 1.54) is 12.1 Å². The Hall–Kier alpha value is -3.86. The summed E-state index contributed by atoms with van der Waals surface area (Å²) < 4.78 is 40.5. The molecule has 0 aliphatic rings. The standard InChI is InChI=1S/C24H27F2N7O2/c1-14(16-7-6-15(25)12-17(16)26)29-19-13-18(20-21(27)32-33-10-5-9-28-22(20)33)30-23(31-19)35-11-8-24(2,3)34-4/h5-7,9-10,12-14H,8,11H2,1-4H3,(H2,27,32)(H,29,30,31)/t14-/m0/s1. The van der Waals surface area contributed by atoms with Gasteiger partial charge in [-0.15, -0.1) is 5.10 Å². The number of ether oxygens (including phenoxy) is 2. The molecule has 0 fully saturated rings. The van der Waals surface area contributed by atoms with Crippen LogP contribution < -0.4 is 15.8 Å². The van der Waals surface area contributed by atoms with Crippen LogP contribution in [0.4, 0.5) is 20.4 Å². The molecular weight excluding hydrogens is 456 g/mol. The number of halogens is 2. The number of rotatable bonds is 9. The van der Waals surface area contributed by atoms with Crippen molar-refractivity contribution in [2.45, 2.75) is 38.8 Å². The lowest BCUT2D eigenvalue weighted by Crippen LogP contribution is -2.25. The second kappa shape index (κ2) is 9.79. The van der Waals surface area contributed by atoms with Crippen molar-refractivity contribution in [2.75, 3.05) is 24.8 Å². The van der Waals surface area contributed by atoms with Gasteiger partial charge in [-0.1, -0.05) is 6.07 Å². The summed E-state index contributed by atoms with van der Waals surface area (Å²) in [6.45, 7) is 5.94. The third-order valence-electron chi connectivity index (χ3n) is 5.67. The van der Waals surface area contributed by atoms with Crippen LogP contribution in [-0.4, -0.2) is 43.9 Å². The Morgan fingerprint density at radius 1 is 1.20 bits per heavy atom. The summed E-state index contributed by atoms with van der Waals surface area (Å²) in [7, 11) is 1.63. The first-order valence-corrected chi connectivity index (χ1v) is 11.0. The monoisotopic (exact) mass is 483 g/mol. The van der Waals surface area contributed by atoms with Gasteiger partial charge in [0, 0.05) is 43.6 Å². The molecule has 1 aromatic carbocycles. The Balaban J connectivity index is 1.70. The molecule has 0 aliphatic carbocycles. The van der Waals surface area contributed by atoms with Gasteiger partial charge in [0.15, 0.2) is 11.5 Å². The third kappa shape index (κ3) is 5.46. The number of benzene rings is 1. The number of anilines is 2. The first-order valence-electron chi connectivity index (χ1n) is 11.0. The molecule has 0 saturated carbocycles. The fraction of sp³-hybridized carbons (Fsp3) is 0.333. The highest BCUT2D eigenvalue weighted by molar-refractivity contribution is 5.85. The van der Waals surface area contributed by atoms with E-state index >= 15 is 0 Å². The lowest BCUT2D eigenvalue weighted by atomic mass is 10.1. The van der Waals surface area contributed by atoms with Gasteiger partial charge in [0.05, 0.1) is 29.5 Å². The van der Waals surface area contributed by atoms with Gasteiger partial charge in [-0.25, -0.2) is 18.3 Å². The van der Waals surface area contributed by atoms with Crippen molar-refractivity contribution in [1.29, 1.82) is 0 Å². The summed E-state index contributed by atoms with van der Waals surface area (Å²) >= 11 is 0. The minimum atomic E-state index is -0.659. The fourth-order valence-electron chi connectivity index (χ4n) is 3.48. The molecule has 0 radical (unpaired) electrons. The Morgan fingerprint density at radius 3 is 2.74 bits per heavy atom. The molecule has 0 saturated heterocycles. The highest BCUT2D eigenvalue weighted by atomic mass is 19.1. The predicted molar refractivity (Wildman–Crippen MR) is 128 cm³/mol. The number of aromatic nitrogens is 5. The minimum absolute atomic E-state index is 0.0957. The van der Waals surface area contributed by atoms with E-state index in [1.54, 1.807) is 43.1 Å². The summed E-state index contributed by atoms with van der Waals surface area (Å²) in [5.41, 5.74) is 7.55. The van der Waals surface area contributed by atoms with Gasteiger partial charge in [-0.2, -0.15) is 9.97 Å². The third-order valence-corrected chi connectivity index (χ3v) is 5.67. The molecule has 3 heterocycles. The second-order valence-corrected chi connectivity index (χ2v) is 8.66. The smallest absolute Gasteiger partial charge is 0.318 e. The maximum atomic E-state index is 14.3. The molecule has 35 heavy (non-hydrogen) atoms. The zero-order valence-electron chi connectivity index (χ0n) is 19.9. The van der Waals surface area contributed by atoms with Crippen molar-refractivity contribution in [3.63, 3.8) is 0 Å². The number of hydrogen-bond donors (Lipinski definition) is 2. The van der Waals surface area contributed by atoms with Crippen LogP contribution in [0.5, 0.6) is 6.01 Å².